The Kier molecular flexibility index (Phi) is 3.89. The molecular weight excluding hydrogens is 234 g/mol. The summed E-state index contributed by atoms with van der Waals surface area (Å²) >= 11 is 0. The minimum Gasteiger partial charge on any atom is -0.381 e. The maximum absolute atomic E-state index is 13.1. The van der Waals surface area contributed by atoms with Crippen LogP contribution in [0.5, 0.6) is 0 Å². The van der Waals surface area contributed by atoms with Gasteiger partial charge < -0.3 is 11.1 Å². The van der Waals surface area contributed by atoms with Crippen LogP contribution in [-0.4, -0.2) is 0 Å². The van der Waals surface area contributed by atoms with Gasteiger partial charge >= 0.3 is 0 Å². The molecule has 2 aromatic rings. The molecule has 0 fully saturated rings. The van der Waals surface area contributed by atoms with Crippen molar-refractivity contribution >= 4 is 5.69 Å². The van der Waals surface area contributed by atoms with Crippen molar-refractivity contribution in [3.63, 3.8) is 0 Å². The van der Waals surface area contributed by atoms with Gasteiger partial charge in [-0.05, 0) is 53.6 Å². The molecule has 0 aromatic heterocycles. The van der Waals surface area contributed by atoms with Crippen LogP contribution in [0, 0.1) is 17.7 Å². The lowest BCUT2D eigenvalue weighted by atomic mass is 10.1. The number of nitrogens with one attached hydrogen (secondary N) is 1. The Morgan fingerprint density at radius 2 is 1.83 bits per heavy atom. The fraction of sp³-hybridized carbons (Fsp3) is 0.143. The molecule has 0 heterocycles. The monoisotopic (exact) mass is 247 g/mol. The van der Waals surface area contributed by atoms with E-state index in [9.17, 15) is 8.78 Å². The molecular formula is C14H13F2N2. The van der Waals surface area contributed by atoms with Crippen LogP contribution in [0.2, 0.25) is 0 Å². The molecule has 2 aromatic carbocycles. The van der Waals surface area contributed by atoms with E-state index >= 15 is 0 Å². The van der Waals surface area contributed by atoms with E-state index in [2.05, 4.69) is 11.4 Å². The van der Waals surface area contributed by atoms with Gasteiger partial charge in [0, 0.05) is 18.8 Å². The summed E-state index contributed by atoms with van der Waals surface area (Å²) in [6, 6.07) is 11.5. The van der Waals surface area contributed by atoms with Gasteiger partial charge in [0.2, 0.25) is 0 Å². The summed E-state index contributed by atoms with van der Waals surface area (Å²) < 4.78 is 25.8. The Morgan fingerprint density at radius 1 is 1.11 bits per heavy atom. The van der Waals surface area contributed by atoms with E-state index in [1.54, 1.807) is 12.1 Å². The molecule has 0 spiro atoms. The number of rotatable bonds is 4. The highest BCUT2D eigenvalue weighted by atomic mass is 19.1. The first-order chi connectivity index (χ1) is 8.69. The third-order valence-electron chi connectivity index (χ3n) is 2.62. The standard InChI is InChI=1S/C14H13F2N2/c15-12-3-5-14(6-4-12)18-9-11-7-13(16)2-1-10(11)8-17/h2-7,18H,8-9,17H2. The van der Waals surface area contributed by atoms with E-state index in [-0.39, 0.29) is 11.6 Å². The molecule has 4 heteroatoms. The minimum atomic E-state index is -0.344. The molecule has 0 aliphatic heterocycles. The highest BCUT2D eigenvalue weighted by molar-refractivity contribution is 5.44. The van der Waals surface area contributed by atoms with Crippen LogP contribution in [0.3, 0.4) is 0 Å². The maximum atomic E-state index is 13.1. The Hall–Kier alpha value is -1.94. The molecule has 2 rings (SSSR count). The summed E-state index contributed by atoms with van der Waals surface area (Å²) in [7, 11) is 0. The van der Waals surface area contributed by atoms with Crippen LogP contribution in [-0.2, 0) is 13.1 Å². The average Bonchev–Trinajstić information content (AvgIpc) is 2.38. The van der Waals surface area contributed by atoms with Gasteiger partial charge in [0.1, 0.15) is 11.6 Å². The Balaban J connectivity index is 2.09. The Labute approximate surface area is 104 Å². The highest BCUT2D eigenvalue weighted by Gasteiger charge is 2.03. The summed E-state index contributed by atoms with van der Waals surface area (Å²) in [5.74, 6) is -0.634. The molecule has 0 amide bonds. The zero-order valence-corrected chi connectivity index (χ0v) is 9.71. The van der Waals surface area contributed by atoms with Crippen LogP contribution in [0.1, 0.15) is 11.1 Å². The number of halogens is 2. The van der Waals surface area contributed by atoms with E-state index in [1.807, 2.05) is 0 Å². The van der Waals surface area contributed by atoms with Crippen LogP contribution in [0.4, 0.5) is 14.5 Å². The predicted octanol–water partition coefficient (Wildman–Crippen LogP) is 2.84. The lowest BCUT2D eigenvalue weighted by Crippen LogP contribution is -2.07. The Bertz CT molecular complexity index is 524. The summed E-state index contributed by atoms with van der Waals surface area (Å²) in [5, 5.41) is 3.08. The number of anilines is 1. The largest absolute Gasteiger partial charge is 0.381 e. The van der Waals surface area contributed by atoms with Gasteiger partial charge in [-0.15, -0.1) is 0 Å². The fourth-order valence-electron chi connectivity index (χ4n) is 1.66. The second kappa shape index (κ2) is 5.60. The van der Waals surface area contributed by atoms with Crippen molar-refractivity contribution in [2.75, 3.05) is 5.32 Å². The van der Waals surface area contributed by atoms with Crippen molar-refractivity contribution in [3.05, 3.63) is 65.2 Å². The molecule has 18 heavy (non-hydrogen) atoms. The first-order valence-corrected chi connectivity index (χ1v) is 5.57. The van der Waals surface area contributed by atoms with Gasteiger partial charge in [-0.3, -0.25) is 0 Å². The van der Waals surface area contributed by atoms with Crippen molar-refractivity contribution in [3.8, 4) is 0 Å². The molecule has 93 valence electrons. The molecule has 0 bridgehead atoms. The normalized spacial score (nSPS) is 10.4. The van der Waals surface area contributed by atoms with E-state index < -0.39 is 0 Å². The molecule has 0 aliphatic carbocycles. The van der Waals surface area contributed by atoms with Crippen molar-refractivity contribution in [2.24, 2.45) is 5.73 Å². The second-order valence-electron chi connectivity index (χ2n) is 3.89. The van der Waals surface area contributed by atoms with Gasteiger partial charge in [-0.2, -0.15) is 0 Å². The third-order valence-corrected chi connectivity index (χ3v) is 2.62. The quantitative estimate of drug-likeness (QED) is 0.871. The lowest BCUT2D eigenvalue weighted by molar-refractivity contribution is 0.624. The number of hydrogen-bond acceptors (Lipinski definition) is 2. The van der Waals surface area contributed by atoms with Crippen molar-refractivity contribution < 1.29 is 8.78 Å². The van der Waals surface area contributed by atoms with Crippen LogP contribution < -0.4 is 11.1 Å². The van der Waals surface area contributed by atoms with Crippen LogP contribution >= 0.6 is 0 Å². The summed E-state index contributed by atoms with van der Waals surface area (Å²) in [5.41, 5.74) is 7.85. The smallest absolute Gasteiger partial charge is 0.124 e. The summed E-state index contributed by atoms with van der Waals surface area (Å²) in [6.07, 6.45) is 0. The van der Waals surface area contributed by atoms with Crippen molar-refractivity contribution in [1.82, 2.24) is 0 Å². The predicted molar refractivity (Wildman–Crippen MR) is 66.9 cm³/mol. The number of hydrogen-bond donors (Lipinski definition) is 2. The molecule has 0 saturated heterocycles. The molecule has 1 radical (unpaired) electrons. The van der Waals surface area contributed by atoms with Gasteiger partial charge in [0.25, 0.3) is 0 Å². The molecule has 0 unspecified atom stereocenters. The molecule has 0 aliphatic rings. The van der Waals surface area contributed by atoms with E-state index in [0.29, 0.717) is 13.1 Å². The number of benzene rings is 2. The lowest BCUT2D eigenvalue weighted by Gasteiger charge is -2.10. The van der Waals surface area contributed by atoms with Crippen molar-refractivity contribution in [2.45, 2.75) is 13.1 Å². The van der Waals surface area contributed by atoms with Gasteiger partial charge in [-0.1, -0.05) is 0 Å². The topological polar surface area (TPSA) is 38.0 Å². The Morgan fingerprint density at radius 3 is 2.50 bits per heavy atom. The summed E-state index contributed by atoms with van der Waals surface area (Å²) in [4.78, 5) is 0. The highest BCUT2D eigenvalue weighted by Crippen LogP contribution is 2.14. The minimum absolute atomic E-state index is 0.290. The first kappa shape index (κ1) is 12.5. The molecule has 3 N–H and O–H groups in total. The third kappa shape index (κ3) is 3.05. The molecule has 2 nitrogen and oxygen atoms in total. The van der Waals surface area contributed by atoms with Crippen molar-refractivity contribution in [1.29, 1.82) is 0 Å². The van der Waals surface area contributed by atoms with Crippen LogP contribution in [0.15, 0.2) is 36.4 Å². The number of nitrogens with two attached hydrogens (primary N) is 1. The first-order valence-electron chi connectivity index (χ1n) is 5.57. The molecule has 0 atom stereocenters. The van der Waals surface area contributed by atoms with Gasteiger partial charge in [0.15, 0.2) is 0 Å². The zero-order chi connectivity index (χ0) is 13.0. The zero-order valence-electron chi connectivity index (χ0n) is 9.71. The average molecular weight is 247 g/mol. The SMILES string of the molecule is NCc1[c]cc(F)cc1CNc1ccc(F)cc1. The maximum Gasteiger partial charge on any atom is 0.124 e. The van der Waals surface area contributed by atoms with Crippen LogP contribution in [0.25, 0.3) is 0 Å². The van der Waals surface area contributed by atoms with Gasteiger partial charge in [0.05, 0.1) is 0 Å². The van der Waals surface area contributed by atoms with Gasteiger partial charge in [-0.25, -0.2) is 8.78 Å². The molecule has 0 saturated carbocycles. The summed E-state index contributed by atoms with van der Waals surface area (Å²) in [6.45, 7) is 0.729. The van der Waals surface area contributed by atoms with E-state index in [4.69, 9.17) is 5.73 Å². The van der Waals surface area contributed by atoms with E-state index in [0.717, 1.165) is 16.8 Å². The van der Waals surface area contributed by atoms with E-state index in [1.165, 1.54) is 24.3 Å². The second-order valence-corrected chi connectivity index (χ2v) is 3.89. The fourth-order valence-corrected chi connectivity index (χ4v) is 1.66.